The first kappa shape index (κ1) is 18.8. The molecule has 0 aliphatic rings. The van der Waals surface area contributed by atoms with Gasteiger partial charge in [-0.25, -0.2) is 14.8 Å². The third-order valence-corrected chi connectivity index (χ3v) is 3.80. The molecule has 25 heavy (non-hydrogen) atoms. The molecule has 1 N–H and O–H groups in total. The number of aromatic nitrogens is 2. The minimum Gasteiger partial charge on any atom is -0.496 e. The molecule has 7 nitrogen and oxygen atoms in total. The van der Waals surface area contributed by atoms with E-state index in [9.17, 15) is 4.79 Å². The van der Waals surface area contributed by atoms with Crippen molar-refractivity contribution in [2.45, 2.75) is 20.4 Å². The van der Waals surface area contributed by atoms with Gasteiger partial charge < -0.3 is 19.5 Å². The molecule has 0 amide bonds. The Morgan fingerprint density at radius 2 is 1.84 bits per heavy atom. The highest BCUT2D eigenvalue weighted by Crippen LogP contribution is 2.32. The lowest BCUT2D eigenvalue weighted by Gasteiger charge is -2.16. The first-order chi connectivity index (χ1) is 12.0. The van der Waals surface area contributed by atoms with Gasteiger partial charge in [0.2, 0.25) is 0 Å². The first-order valence-corrected chi connectivity index (χ1v) is 8.02. The molecule has 0 aliphatic carbocycles. The van der Waals surface area contributed by atoms with Gasteiger partial charge in [-0.2, -0.15) is 0 Å². The van der Waals surface area contributed by atoms with Gasteiger partial charge in [-0.05, 0) is 31.5 Å². The topological polar surface area (TPSA) is 82.6 Å². The summed E-state index contributed by atoms with van der Waals surface area (Å²) in [5, 5.41) is 3.19. The normalized spacial score (nSPS) is 10.3. The summed E-state index contributed by atoms with van der Waals surface area (Å²) in [6.45, 7) is 4.24. The number of halogens is 1. The molecule has 1 heterocycles. The van der Waals surface area contributed by atoms with Crippen LogP contribution in [0.15, 0.2) is 18.5 Å². The average molecular weight is 366 g/mol. The minimum atomic E-state index is -0.594. The highest BCUT2D eigenvalue weighted by Gasteiger charge is 2.18. The van der Waals surface area contributed by atoms with E-state index in [4.69, 9.17) is 25.8 Å². The van der Waals surface area contributed by atoms with Gasteiger partial charge in [0, 0.05) is 6.54 Å². The summed E-state index contributed by atoms with van der Waals surface area (Å²) >= 11 is 6.23. The van der Waals surface area contributed by atoms with E-state index >= 15 is 0 Å². The maximum Gasteiger partial charge on any atom is 0.358 e. The largest absolute Gasteiger partial charge is 0.496 e. The quantitative estimate of drug-likeness (QED) is 0.754. The van der Waals surface area contributed by atoms with E-state index in [1.54, 1.807) is 21.1 Å². The Morgan fingerprint density at radius 3 is 2.40 bits per heavy atom. The number of hydrogen-bond acceptors (Lipinski definition) is 7. The minimum absolute atomic E-state index is 0.0175. The summed E-state index contributed by atoms with van der Waals surface area (Å²) in [7, 11) is 3.18. The van der Waals surface area contributed by atoms with E-state index in [1.807, 2.05) is 19.1 Å². The fourth-order valence-corrected chi connectivity index (χ4v) is 2.54. The van der Waals surface area contributed by atoms with Gasteiger partial charge in [-0.1, -0.05) is 11.6 Å². The van der Waals surface area contributed by atoms with Crippen molar-refractivity contribution < 1.29 is 19.0 Å². The fourth-order valence-electron chi connectivity index (χ4n) is 2.30. The Hall–Kier alpha value is -2.54. The summed E-state index contributed by atoms with van der Waals surface area (Å²) in [5.74, 6) is 1.09. The highest BCUT2D eigenvalue weighted by atomic mass is 35.5. The van der Waals surface area contributed by atoms with Gasteiger partial charge in [0.05, 0.1) is 26.4 Å². The SMILES string of the molecule is CCOC(=O)c1ncnc(NCc2c(OC)cc(C)cc2OC)c1Cl. The molecule has 134 valence electrons. The van der Waals surface area contributed by atoms with E-state index in [2.05, 4.69) is 15.3 Å². The summed E-state index contributed by atoms with van der Waals surface area (Å²) in [5.41, 5.74) is 1.84. The van der Waals surface area contributed by atoms with Gasteiger partial charge in [-0.3, -0.25) is 0 Å². The standard InChI is InChI=1S/C17H20ClN3O4/c1-5-25-17(22)15-14(18)16(21-9-20-15)19-8-11-12(23-3)6-10(2)7-13(11)24-4/h6-7,9H,5,8H2,1-4H3,(H,19,20,21). The van der Waals surface area contributed by atoms with Crippen molar-refractivity contribution in [1.29, 1.82) is 0 Å². The molecule has 0 atom stereocenters. The lowest BCUT2D eigenvalue weighted by molar-refractivity contribution is 0.0519. The lowest BCUT2D eigenvalue weighted by Crippen LogP contribution is -2.11. The second-order valence-corrected chi connectivity index (χ2v) is 5.48. The zero-order valence-electron chi connectivity index (χ0n) is 14.6. The predicted molar refractivity (Wildman–Crippen MR) is 94.6 cm³/mol. The van der Waals surface area contributed by atoms with Crippen LogP contribution in [0.2, 0.25) is 5.02 Å². The molecule has 0 spiro atoms. The van der Waals surface area contributed by atoms with Crippen LogP contribution < -0.4 is 14.8 Å². The van der Waals surface area contributed by atoms with Crippen molar-refractivity contribution in [3.8, 4) is 11.5 Å². The monoisotopic (exact) mass is 365 g/mol. The number of esters is 1. The molecule has 8 heteroatoms. The van der Waals surface area contributed by atoms with Crippen molar-refractivity contribution in [1.82, 2.24) is 9.97 Å². The van der Waals surface area contributed by atoms with E-state index in [1.165, 1.54) is 6.33 Å². The molecule has 0 unspecified atom stereocenters. The number of rotatable bonds is 7. The molecule has 0 saturated heterocycles. The zero-order chi connectivity index (χ0) is 18.4. The Bertz CT molecular complexity index is 743. The Balaban J connectivity index is 2.28. The van der Waals surface area contributed by atoms with E-state index in [-0.39, 0.29) is 17.3 Å². The van der Waals surface area contributed by atoms with Gasteiger partial charge in [0.25, 0.3) is 0 Å². The second kappa shape index (κ2) is 8.53. The van der Waals surface area contributed by atoms with Crippen molar-refractivity contribution >= 4 is 23.4 Å². The van der Waals surface area contributed by atoms with Crippen molar-refractivity contribution in [3.05, 3.63) is 40.3 Å². The number of benzene rings is 1. The number of anilines is 1. The van der Waals surface area contributed by atoms with Gasteiger partial charge in [0.15, 0.2) is 5.69 Å². The average Bonchev–Trinajstić information content (AvgIpc) is 2.60. The Kier molecular flexibility index (Phi) is 6.41. The van der Waals surface area contributed by atoms with E-state index in [0.29, 0.717) is 23.9 Å². The van der Waals surface area contributed by atoms with Crippen LogP contribution in [0.4, 0.5) is 5.82 Å². The molecule has 1 aromatic carbocycles. The summed E-state index contributed by atoms with van der Waals surface area (Å²) in [6, 6.07) is 3.82. The van der Waals surface area contributed by atoms with Crippen molar-refractivity contribution in [3.63, 3.8) is 0 Å². The van der Waals surface area contributed by atoms with Crippen molar-refractivity contribution in [2.24, 2.45) is 0 Å². The second-order valence-electron chi connectivity index (χ2n) is 5.11. The van der Waals surface area contributed by atoms with Crippen LogP contribution in [0.1, 0.15) is 28.5 Å². The van der Waals surface area contributed by atoms with Crippen LogP contribution in [0.3, 0.4) is 0 Å². The number of carbonyl (C=O) groups excluding carboxylic acids is 1. The summed E-state index contributed by atoms with van der Waals surface area (Å²) in [4.78, 5) is 19.8. The molecule has 0 radical (unpaired) electrons. The molecule has 1 aromatic heterocycles. The van der Waals surface area contributed by atoms with Gasteiger partial charge >= 0.3 is 5.97 Å². The highest BCUT2D eigenvalue weighted by molar-refractivity contribution is 6.35. The number of aryl methyl sites for hydroxylation is 1. The maximum atomic E-state index is 11.9. The third kappa shape index (κ3) is 4.30. The van der Waals surface area contributed by atoms with Crippen LogP contribution in [-0.2, 0) is 11.3 Å². The number of nitrogens with zero attached hydrogens (tertiary/aromatic N) is 2. The van der Waals surface area contributed by atoms with E-state index < -0.39 is 5.97 Å². The van der Waals surface area contributed by atoms with E-state index in [0.717, 1.165) is 11.1 Å². The Labute approximate surface area is 151 Å². The fraction of sp³-hybridized carbons (Fsp3) is 0.353. The molecule has 0 aliphatic heterocycles. The molecular formula is C17H20ClN3O4. The Morgan fingerprint density at radius 1 is 1.20 bits per heavy atom. The molecule has 2 rings (SSSR count). The molecule has 2 aromatic rings. The number of methoxy groups -OCH3 is 2. The van der Waals surface area contributed by atoms with Crippen LogP contribution in [0.5, 0.6) is 11.5 Å². The van der Waals surface area contributed by atoms with Crippen LogP contribution >= 0.6 is 11.6 Å². The number of nitrogens with one attached hydrogen (secondary N) is 1. The molecular weight excluding hydrogens is 346 g/mol. The van der Waals surface area contributed by atoms with Crippen molar-refractivity contribution in [2.75, 3.05) is 26.1 Å². The molecule has 0 fully saturated rings. The first-order valence-electron chi connectivity index (χ1n) is 7.64. The van der Waals surface area contributed by atoms with Crippen LogP contribution in [-0.4, -0.2) is 36.8 Å². The molecule has 0 saturated carbocycles. The van der Waals surface area contributed by atoms with Crippen LogP contribution in [0, 0.1) is 6.92 Å². The maximum absolute atomic E-state index is 11.9. The predicted octanol–water partition coefficient (Wildman–Crippen LogP) is 3.24. The summed E-state index contributed by atoms with van der Waals surface area (Å²) in [6.07, 6.45) is 1.25. The van der Waals surface area contributed by atoms with Crippen LogP contribution in [0.25, 0.3) is 0 Å². The zero-order valence-corrected chi connectivity index (χ0v) is 15.3. The lowest BCUT2D eigenvalue weighted by atomic mass is 10.1. The third-order valence-electron chi connectivity index (χ3n) is 3.44. The summed E-state index contributed by atoms with van der Waals surface area (Å²) < 4.78 is 15.8. The smallest absolute Gasteiger partial charge is 0.358 e. The number of ether oxygens (including phenoxy) is 3. The van der Waals surface area contributed by atoms with Gasteiger partial charge in [-0.15, -0.1) is 0 Å². The van der Waals surface area contributed by atoms with Gasteiger partial charge in [0.1, 0.15) is 28.7 Å². The number of carbonyl (C=O) groups is 1. The molecule has 0 bridgehead atoms. The number of hydrogen-bond donors (Lipinski definition) is 1.